The first-order chi connectivity index (χ1) is 13.1. The number of imidazole rings is 1. The van der Waals surface area contributed by atoms with Crippen LogP contribution in [0.1, 0.15) is 5.56 Å². The first kappa shape index (κ1) is 17.3. The summed E-state index contributed by atoms with van der Waals surface area (Å²) >= 11 is 1.38. The Labute approximate surface area is 159 Å². The van der Waals surface area contributed by atoms with Crippen LogP contribution in [-0.4, -0.2) is 32.7 Å². The van der Waals surface area contributed by atoms with Crippen LogP contribution >= 0.6 is 11.8 Å². The Kier molecular flexibility index (Phi) is 4.64. The molecule has 0 N–H and O–H groups in total. The van der Waals surface area contributed by atoms with E-state index in [0.717, 1.165) is 22.1 Å². The molecule has 2 aromatic carbocycles. The summed E-state index contributed by atoms with van der Waals surface area (Å²) in [7, 11) is 0. The van der Waals surface area contributed by atoms with Gasteiger partial charge in [-0.3, -0.25) is 19.5 Å². The largest absolute Gasteiger partial charge is 0.311 e. The number of amides is 1. The predicted molar refractivity (Wildman–Crippen MR) is 103 cm³/mol. The van der Waals surface area contributed by atoms with E-state index in [1.165, 1.54) is 17.8 Å². The van der Waals surface area contributed by atoms with Crippen LogP contribution < -0.4 is 4.90 Å². The second-order valence-corrected chi connectivity index (χ2v) is 7.01. The lowest BCUT2D eigenvalue weighted by atomic mass is 10.1. The van der Waals surface area contributed by atoms with Gasteiger partial charge in [0.2, 0.25) is 5.91 Å². The summed E-state index contributed by atoms with van der Waals surface area (Å²) < 4.78 is 1.94. The van der Waals surface area contributed by atoms with E-state index in [0.29, 0.717) is 13.0 Å². The average molecular weight is 380 g/mol. The molecule has 1 aromatic heterocycles. The van der Waals surface area contributed by atoms with E-state index in [-0.39, 0.29) is 17.3 Å². The molecule has 1 aliphatic rings. The van der Waals surface area contributed by atoms with Crippen molar-refractivity contribution >= 4 is 29.0 Å². The third kappa shape index (κ3) is 3.43. The first-order valence-electron chi connectivity index (χ1n) is 8.43. The van der Waals surface area contributed by atoms with Gasteiger partial charge in [-0.25, -0.2) is 4.98 Å². The second kappa shape index (κ2) is 7.24. The van der Waals surface area contributed by atoms with Crippen LogP contribution in [0.25, 0.3) is 5.69 Å². The van der Waals surface area contributed by atoms with Crippen molar-refractivity contribution in [3.63, 3.8) is 0 Å². The molecule has 136 valence electrons. The van der Waals surface area contributed by atoms with Crippen LogP contribution in [0.4, 0.5) is 11.4 Å². The number of anilines is 1. The predicted octanol–water partition coefficient (Wildman–Crippen LogP) is 3.46. The van der Waals surface area contributed by atoms with Crippen LogP contribution in [0.15, 0.2) is 66.1 Å². The van der Waals surface area contributed by atoms with Gasteiger partial charge in [-0.05, 0) is 30.2 Å². The fourth-order valence-corrected chi connectivity index (χ4v) is 4.00. The van der Waals surface area contributed by atoms with Crippen LogP contribution in [-0.2, 0) is 11.2 Å². The summed E-state index contributed by atoms with van der Waals surface area (Å²) in [4.78, 5) is 29.2. The van der Waals surface area contributed by atoms with Crippen molar-refractivity contribution in [2.45, 2.75) is 11.6 Å². The lowest BCUT2D eigenvalue weighted by Gasteiger charge is -2.17. The summed E-state index contributed by atoms with van der Waals surface area (Å²) in [6.07, 6.45) is 4.21. The number of non-ortho nitro benzene ring substituents is 1. The molecule has 0 spiro atoms. The Morgan fingerprint density at radius 1 is 1.22 bits per heavy atom. The van der Waals surface area contributed by atoms with E-state index in [1.54, 1.807) is 23.2 Å². The quantitative estimate of drug-likeness (QED) is 0.385. The van der Waals surface area contributed by atoms with Gasteiger partial charge in [0, 0.05) is 42.4 Å². The Morgan fingerprint density at radius 2 is 2.04 bits per heavy atom. The number of hydrogen-bond donors (Lipinski definition) is 0. The van der Waals surface area contributed by atoms with Gasteiger partial charge >= 0.3 is 0 Å². The highest BCUT2D eigenvalue weighted by atomic mass is 32.2. The van der Waals surface area contributed by atoms with Crippen molar-refractivity contribution in [1.29, 1.82) is 0 Å². The number of thioether (sulfide) groups is 1. The van der Waals surface area contributed by atoms with E-state index in [1.807, 2.05) is 41.1 Å². The fraction of sp³-hybridized carbons (Fsp3) is 0.158. The van der Waals surface area contributed by atoms with Crippen LogP contribution in [0, 0.1) is 10.1 Å². The SMILES string of the molecule is O=C(CSc1nccn1-c1ccccc1)N1CCc2cc([N+](=O)[O-])ccc21. The highest BCUT2D eigenvalue weighted by Gasteiger charge is 2.26. The van der Waals surface area contributed by atoms with Crippen molar-refractivity contribution in [1.82, 2.24) is 9.55 Å². The minimum absolute atomic E-state index is 0.0322. The number of hydrogen-bond acceptors (Lipinski definition) is 5. The van der Waals surface area contributed by atoms with Crippen LogP contribution in [0.5, 0.6) is 0 Å². The molecule has 0 saturated heterocycles. The number of nitro benzene ring substituents is 1. The molecule has 0 radical (unpaired) electrons. The lowest BCUT2D eigenvalue weighted by molar-refractivity contribution is -0.384. The molecule has 1 amide bonds. The molecular weight excluding hydrogens is 364 g/mol. The van der Waals surface area contributed by atoms with Gasteiger partial charge in [0.25, 0.3) is 5.69 Å². The monoisotopic (exact) mass is 380 g/mol. The van der Waals surface area contributed by atoms with Crippen molar-refractivity contribution in [2.75, 3.05) is 17.2 Å². The van der Waals surface area contributed by atoms with E-state index in [9.17, 15) is 14.9 Å². The Balaban J connectivity index is 1.47. The van der Waals surface area contributed by atoms with E-state index in [4.69, 9.17) is 0 Å². The number of aromatic nitrogens is 2. The summed E-state index contributed by atoms with van der Waals surface area (Å²) in [6, 6.07) is 14.5. The molecule has 0 aliphatic carbocycles. The number of nitrogens with zero attached hydrogens (tertiary/aromatic N) is 4. The van der Waals surface area contributed by atoms with Crippen LogP contribution in [0.3, 0.4) is 0 Å². The van der Waals surface area contributed by atoms with Crippen molar-refractivity contribution in [3.8, 4) is 5.69 Å². The average Bonchev–Trinajstić information content (AvgIpc) is 3.33. The third-order valence-electron chi connectivity index (χ3n) is 4.44. The molecule has 0 bridgehead atoms. The number of para-hydroxylation sites is 1. The zero-order chi connectivity index (χ0) is 18.8. The first-order valence-corrected chi connectivity index (χ1v) is 9.41. The van der Waals surface area contributed by atoms with Crippen molar-refractivity contribution < 1.29 is 9.72 Å². The van der Waals surface area contributed by atoms with Gasteiger partial charge < -0.3 is 4.90 Å². The van der Waals surface area contributed by atoms with Crippen molar-refractivity contribution in [3.05, 3.63) is 76.6 Å². The minimum Gasteiger partial charge on any atom is -0.311 e. The van der Waals surface area contributed by atoms with E-state index in [2.05, 4.69) is 4.98 Å². The Bertz CT molecular complexity index is 1000. The lowest BCUT2D eigenvalue weighted by Crippen LogP contribution is -2.30. The Morgan fingerprint density at radius 3 is 2.81 bits per heavy atom. The number of fused-ring (bicyclic) bond motifs is 1. The van der Waals surface area contributed by atoms with Gasteiger partial charge in [0.1, 0.15) is 0 Å². The molecule has 3 aromatic rings. The number of rotatable bonds is 5. The van der Waals surface area contributed by atoms with Gasteiger partial charge in [-0.1, -0.05) is 30.0 Å². The molecule has 0 atom stereocenters. The van der Waals surface area contributed by atoms with E-state index < -0.39 is 4.92 Å². The summed E-state index contributed by atoms with van der Waals surface area (Å²) in [5, 5.41) is 11.7. The van der Waals surface area contributed by atoms with E-state index >= 15 is 0 Å². The van der Waals surface area contributed by atoms with Gasteiger partial charge in [0.15, 0.2) is 5.16 Å². The smallest absolute Gasteiger partial charge is 0.269 e. The third-order valence-corrected chi connectivity index (χ3v) is 5.39. The second-order valence-electron chi connectivity index (χ2n) is 6.07. The number of benzene rings is 2. The molecule has 27 heavy (non-hydrogen) atoms. The zero-order valence-electron chi connectivity index (χ0n) is 14.3. The summed E-state index contributed by atoms with van der Waals surface area (Å²) in [5.74, 6) is 0.218. The maximum absolute atomic E-state index is 12.7. The van der Waals surface area contributed by atoms with Crippen LogP contribution in [0.2, 0.25) is 0 Å². The zero-order valence-corrected chi connectivity index (χ0v) is 15.1. The Hall–Kier alpha value is -3.13. The molecule has 8 heteroatoms. The number of carbonyl (C=O) groups is 1. The standard InChI is InChI=1S/C19H16N4O3S/c24-18(22-10-8-14-12-16(23(25)26)6-7-17(14)22)13-27-19-20-9-11-21(19)15-4-2-1-3-5-15/h1-7,9,11-12H,8,10,13H2. The molecule has 4 rings (SSSR count). The molecule has 7 nitrogen and oxygen atoms in total. The maximum atomic E-state index is 12.7. The molecule has 0 saturated carbocycles. The normalized spacial score (nSPS) is 12.8. The van der Waals surface area contributed by atoms with Gasteiger partial charge in [0.05, 0.1) is 10.7 Å². The molecule has 1 aliphatic heterocycles. The highest BCUT2D eigenvalue weighted by Crippen LogP contribution is 2.32. The number of carbonyl (C=O) groups excluding carboxylic acids is 1. The maximum Gasteiger partial charge on any atom is 0.269 e. The van der Waals surface area contributed by atoms with Gasteiger partial charge in [-0.15, -0.1) is 0 Å². The highest BCUT2D eigenvalue weighted by molar-refractivity contribution is 7.99. The molecular formula is C19H16N4O3S. The summed E-state index contributed by atoms with van der Waals surface area (Å²) in [5.41, 5.74) is 2.65. The van der Waals surface area contributed by atoms with Gasteiger partial charge in [-0.2, -0.15) is 0 Å². The minimum atomic E-state index is -0.413. The number of nitro groups is 1. The topological polar surface area (TPSA) is 81.3 Å². The van der Waals surface area contributed by atoms with Crippen molar-refractivity contribution in [2.24, 2.45) is 0 Å². The molecule has 2 heterocycles. The molecule has 0 fully saturated rings. The summed E-state index contributed by atoms with van der Waals surface area (Å²) in [6.45, 7) is 0.545. The fourth-order valence-electron chi connectivity index (χ4n) is 3.15. The molecule has 0 unspecified atom stereocenters.